The maximum absolute atomic E-state index is 9.89. The minimum Gasteiger partial charge on any atom is -0.366 e. The first-order valence-electron chi connectivity index (χ1n) is 5.61. The number of ether oxygens (including phenoxy) is 1. The van der Waals surface area contributed by atoms with Crippen LogP contribution in [0.2, 0.25) is 0 Å². The third-order valence-electron chi connectivity index (χ3n) is 2.58. The summed E-state index contributed by atoms with van der Waals surface area (Å²) in [6.45, 7) is 13.1. The van der Waals surface area contributed by atoms with E-state index in [1.54, 1.807) is 6.92 Å². The highest BCUT2D eigenvalue weighted by Gasteiger charge is 2.23. The molecule has 0 rings (SSSR count). The normalized spacial score (nSPS) is 18.6. The predicted molar refractivity (Wildman–Crippen MR) is 60.0 cm³/mol. The Balaban J connectivity index is 3.86. The second kappa shape index (κ2) is 5.72. The third kappa shape index (κ3) is 6.39. The van der Waals surface area contributed by atoms with Gasteiger partial charge in [0.1, 0.15) is 0 Å². The molecule has 0 bridgehead atoms. The van der Waals surface area contributed by atoms with E-state index in [-0.39, 0.29) is 0 Å². The summed E-state index contributed by atoms with van der Waals surface area (Å²) in [4.78, 5) is 0. The summed E-state index contributed by atoms with van der Waals surface area (Å²) in [5, 5.41) is 9.89. The lowest BCUT2D eigenvalue weighted by atomic mass is 9.99. The van der Waals surface area contributed by atoms with Crippen LogP contribution in [0.25, 0.3) is 0 Å². The zero-order valence-electron chi connectivity index (χ0n) is 10.5. The lowest BCUT2D eigenvalue weighted by Gasteiger charge is -2.28. The minimum atomic E-state index is -0.961. The molecule has 0 aliphatic rings. The van der Waals surface area contributed by atoms with E-state index in [2.05, 4.69) is 34.6 Å². The molecule has 0 spiro atoms. The molecule has 14 heavy (non-hydrogen) atoms. The molecule has 0 radical (unpaired) electrons. The molecule has 1 N–H and O–H groups in total. The van der Waals surface area contributed by atoms with Gasteiger partial charge in [-0.05, 0) is 24.7 Å². The first-order chi connectivity index (χ1) is 6.24. The van der Waals surface area contributed by atoms with Crippen molar-refractivity contribution in [3.05, 3.63) is 0 Å². The molecule has 86 valence electrons. The highest BCUT2D eigenvalue weighted by Crippen LogP contribution is 2.20. The number of rotatable bonds is 6. The van der Waals surface area contributed by atoms with Crippen LogP contribution in [0.3, 0.4) is 0 Å². The van der Waals surface area contributed by atoms with Crippen molar-refractivity contribution in [1.82, 2.24) is 0 Å². The van der Waals surface area contributed by atoms with Gasteiger partial charge in [0.15, 0.2) is 5.79 Å². The zero-order valence-corrected chi connectivity index (χ0v) is 10.5. The van der Waals surface area contributed by atoms with Gasteiger partial charge < -0.3 is 9.84 Å². The van der Waals surface area contributed by atoms with Gasteiger partial charge in [-0.3, -0.25) is 0 Å². The van der Waals surface area contributed by atoms with E-state index >= 15 is 0 Å². The Morgan fingerprint density at radius 3 is 2.00 bits per heavy atom. The standard InChI is InChI=1S/C12H26O2/c1-9(2)7-12(6,13)14-8-11(5)10(3)4/h9-11,13H,7-8H2,1-6H3. The van der Waals surface area contributed by atoms with Crippen molar-refractivity contribution in [1.29, 1.82) is 0 Å². The molecule has 0 aromatic rings. The van der Waals surface area contributed by atoms with Crippen molar-refractivity contribution in [2.45, 2.75) is 53.8 Å². The van der Waals surface area contributed by atoms with Crippen LogP contribution in [-0.4, -0.2) is 17.5 Å². The molecule has 0 aliphatic heterocycles. The van der Waals surface area contributed by atoms with Gasteiger partial charge in [0, 0.05) is 6.42 Å². The van der Waals surface area contributed by atoms with Crippen LogP contribution < -0.4 is 0 Å². The van der Waals surface area contributed by atoms with E-state index in [0.717, 1.165) is 0 Å². The Morgan fingerprint density at radius 2 is 1.64 bits per heavy atom. The molecular formula is C12H26O2. The Bertz CT molecular complexity index is 150. The van der Waals surface area contributed by atoms with Crippen LogP contribution in [0, 0.1) is 17.8 Å². The van der Waals surface area contributed by atoms with Gasteiger partial charge in [0.05, 0.1) is 6.61 Å². The lowest BCUT2D eigenvalue weighted by Crippen LogP contribution is -2.32. The van der Waals surface area contributed by atoms with Gasteiger partial charge in [-0.15, -0.1) is 0 Å². The Hall–Kier alpha value is -0.0800. The maximum Gasteiger partial charge on any atom is 0.162 e. The van der Waals surface area contributed by atoms with Gasteiger partial charge in [-0.1, -0.05) is 34.6 Å². The van der Waals surface area contributed by atoms with E-state index in [4.69, 9.17) is 4.74 Å². The Labute approximate surface area is 88.7 Å². The summed E-state index contributed by atoms with van der Waals surface area (Å²) in [6, 6.07) is 0. The van der Waals surface area contributed by atoms with Crippen molar-refractivity contribution in [3.8, 4) is 0 Å². The number of hydrogen-bond donors (Lipinski definition) is 1. The molecule has 0 aliphatic carbocycles. The Morgan fingerprint density at radius 1 is 1.14 bits per heavy atom. The van der Waals surface area contributed by atoms with E-state index < -0.39 is 5.79 Å². The van der Waals surface area contributed by atoms with Crippen LogP contribution in [0.1, 0.15) is 48.0 Å². The molecule has 2 unspecified atom stereocenters. The fourth-order valence-electron chi connectivity index (χ4n) is 1.32. The van der Waals surface area contributed by atoms with E-state index in [1.165, 1.54) is 0 Å². The molecule has 2 heteroatoms. The fourth-order valence-corrected chi connectivity index (χ4v) is 1.32. The summed E-state index contributed by atoms with van der Waals surface area (Å²) in [6.07, 6.45) is 0.692. The molecule has 0 fully saturated rings. The van der Waals surface area contributed by atoms with Gasteiger partial charge in [0.25, 0.3) is 0 Å². The zero-order chi connectivity index (χ0) is 11.4. The summed E-state index contributed by atoms with van der Waals surface area (Å²) in [5.41, 5.74) is 0. The highest BCUT2D eigenvalue weighted by molar-refractivity contribution is 4.64. The largest absolute Gasteiger partial charge is 0.366 e. The van der Waals surface area contributed by atoms with E-state index in [0.29, 0.717) is 30.8 Å². The molecule has 0 saturated heterocycles. The van der Waals surface area contributed by atoms with E-state index in [1.807, 2.05) is 0 Å². The van der Waals surface area contributed by atoms with Crippen molar-refractivity contribution in [2.24, 2.45) is 17.8 Å². The van der Waals surface area contributed by atoms with Gasteiger partial charge in [-0.2, -0.15) is 0 Å². The summed E-state index contributed by atoms with van der Waals surface area (Å²) >= 11 is 0. The monoisotopic (exact) mass is 202 g/mol. The van der Waals surface area contributed by atoms with Gasteiger partial charge >= 0.3 is 0 Å². The maximum atomic E-state index is 9.89. The van der Waals surface area contributed by atoms with E-state index in [9.17, 15) is 5.11 Å². The molecule has 0 heterocycles. The van der Waals surface area contributed by atoms with Crippen LogP contribution in [-0.2, 0) is 4.74 Å². The van der Waals surface area contributed by atoms with Crippen LogP contribution in [0.5, 0.6) is 0 Å². The Kier molecular flexibility index (Phi) is 5.68. The summed E-state index contributed by atoms with van der Waals surface area (Å²) in [7, 11) is 0. The molecule has 0 aromatic carbocycles. The topological polar surface area (TPSA) is 29.5 Å². The van der Waals surface area contributed by atoms with Gasteiger partial charge in [0.2, 0.25) is 0 Å². The van der Waals surface area contributed by atoms with Crippen molar-refractivity contribution in [2.75, 3.05) is 6.61 Å². The molecule has 0 saturated carbocycles. The second-order valence-electron chi connectivity index (χ2n) is 5.31. The number of hydrogen-bond acceptors (Lipinski definition) is 2. The first-order valence-corrected chi connectivity index (χ1v) is 5.61. The molecule has 2 nitrogen and oxygen atoms in total. The molecule has 0 amide bonds. The smallest absolute Gasteiger partial charge is 0.162 e. The minimum absolute atomic E-state index is 0.458. The fraction of sp³-hybridized carbons (Fsp3) is 1.00. The van der Waals surface area contributed by atoms with Crippen LogP contribution >= 0.6 is 0 Å². The van der Waals surface area contributed by atoms with Crippen molar-refractivity contribution < 1.29 is 9.84 Å². The van der Waals surface area contributed by atoms with Crippen LogP contribution in [0.15, 0.2) is 0 Å². The lowest BCUT2D eigenvalue weighted by molar-refractivity contribution is -0.207. The quantitative estimate of drug-likeness (QED) is 0.671. The SMILES string of the molecule is CC(C)CC(C)(O)OCC(C)C(C)C. The molecule has 2 atom stereocenters. The van der Waals surface area contributed by atoms with Crippen molar-refractivity contribution in [3.63, 3.8) is 0 Å². The highest BCUT2D eigenvalue weighted by atomic mass is 16.6. The molecule has 0 aromatic heterocycles. The third-order valence-corrected chi connectivity index (χ3v) is 2.58. The summed E-state index contributed by atoms with van der Waals surface area (Å²) in [5.74, 6) is 0.593. The summed E-state index contributed by atoms with van der Waals surface area (Å²) < 4.78 is 5.52. The van der Waals surface area contributed by atoms with Crippen molar-refractivity contribution >= 4 is 0 Å². The van der Waals surface area contributed by atoms with Crippen LogP contribution in [0.4, 0.5) is 0 Å². The predicted octanol–water partition coefficient (Wildman–Crippen LogP) is 3.05. The first kappa shape index (κ1) is 13.9. The second-order valence-corrected chi connectivity index (χ2v) is 5.31. The molecular weight excluding hydrogens is 176 g/mol. The average molecular weight is 202 g/mol. The number of aliphatic hydroxyl groups is 1. The average Bonchev–Trinajstić information content (AvgIpc) is 1.97. The van der Waals surface area contributed by atoms with Gasteiger partial charge in [-0.25, -0.2) is 0 Å².